The van der Waals surface area contributed by atoms with Crippen molar-refractivity contribution in [3.05, 3.63) is 29.3 Å². The van der Waals surface area contributed by atoms with E-state index in [4.69, 9.17) is 0 Å². The lowest BCUT2D eigenvalue weighted by atomic mass is 10.3. The fraction of sp³-hybridized carbons (Fsp3) is 0.300. The summed E-state index contributed by atoms with van der Waals surface area (Å²) in [4.78, 5) is 19.6. The standard InChI is InChI=1S/C10H11N3O/c1-6-4-7(2)13-9(8(3)14)5-11-10(13)12-6/h4-5H,1-3H3. The molecule has 4 heteroatoms. The summed E-state index contributed by atoms with van der Waals surface area (Å²) in [6.45, 7) is 5.38. The summed E-state index contributed by atoms with van der Waals surface area (Å²) in [6.07, 6.45) is 1.57. The zero-order chi connectivity index (χ0) is 10.3. The van der Waals surface area contributed by atoms with E-state index in [1.165, 1.54) is 6.92 Å². The smallest absolute Gasteiger partial charge is 0.234 e. The molecule has 72 valence electrons. The van der Waals surface area contributed by atoms with Gasteiger partial charge in [-0.05, 0) is 19.9 Å². The lowest BCUT2D eigenvalue weighted by Gasteiger charge is -2.02. The van der Waals surface area contributed by atoms with E-state index in [1.54, 1.807) is 10.6 Å². The van der Waals surface area contributed by atoms with Gasteiger partial charge in [0.1, 0.15) is 5.69 Å². The van der Waals surface area contributed by atoms with Gasteiger partial charge in [0.25, 0.3) is 0 Å². The third-order valence-electron chi connectivity index (χ3n) is 2.15. The van der Waals surface area contributed by atoms with Crippen LogP contribution in [0.15, 0.2) is 12.3 Å². The molecule has 0 saturated carbocycles. The van der Waals surface area contributed by atoms with Crippen molar-refractivity contribution in [2.24, 2.45) is 0 Å². The van der Waals surface area contributed by atoms with Crippen molar-refractivity contribution in [2.75, 3.05) is 0 Å². The molecule has 0 fully saturated rings. The van der Waals surface area contributed by atoms with E-state index in [2.05, 4.69) is 9.97 Å². The van der Waals surface area contributed by atoms with Crippen LogP contribution in [0.25, 0.3) is 5.78 Å². The molecular weight excluding hydrogens is 178 g/mol. The molecule has 0 unspecified atom stereocenters. The number of nitrogens with zero attached hydrogens (tertiary/aromatic N) is 3. The number of fused-ring (bicyclic) bond motifs is 1. The molecule has 0 atom stereocenters. The highest BCUT2D eigenvalue weighted by atomic mass is 16.1. The SMILES string of the molecule is CC(=O)c1cnc2nc(C)cc(C)n12. The van der Waals surface area contributed by atoms with Gasteiger partial charge >= 0.3 is 0 Å². The van der Waals surface area contributed by atoms with Crippen molar-refractivity contribution in [2.45, 2.75) is 20.8 Å². The zero-order valence-corrected chi connectivity index (χ0v) is 8.40. The van der Waals surface area contributed by atoms with E-state index in [0.29, 0.717) is 11.5 Å². The van der Waals surface area contributed by atoms with Crippen LogP contribution in [0.4, 0.5) is 0 Å². The van der Waals surface area contributed by atoms with Gasteiger partial charge in [0.2, 0.25) is 5.78 Å². The Balaban J connectivity index is 2.85. The molecule has 0 amide bonds. The van der Waals surface area contributed by atoms with Crippen molar-refractivity contribution >= 4 is 11.6 Å². The topological polar surface area (TPSA) is 47.3 Å². The number of carbonyl (C=O) groups excluding carboxylic acids is 1. The van der Waals surface area contributed by atoms with Gasteiger partial charge in [0, 0.05) is 18.3 Å². The van der Waals surface area contributed by atoms with Crippen LogP contribution in [0.2, 0.25) is 0 Å². The van der Waals surface area contributed by atoms with E-state index in [9.17, 15) is 4.79 Å². The monoisotopic (exact) mass is 189 g/mol. The maximum Gasteiger partial charge on any atom is 0.234 e. The van der Waals surface area contributed by atoms with E-state index >= 15 is 0 Å². The third kappa shape index (κ3) is 1.19. The second-order valence-corrected chi connectivity index (χ2v) is 3.37. The predicted octanol–water partition coefficient (Wildman–Crippen LogP) is 1.55. The molecule has 2 heterocycles. The number of aromatic nitrogens is 3. The molecule has 0 radical (unpaired) electrons. The molecule has 0 aliphatic heterocycles. The molecule has 0 N–H and O–H groups in total. The molecule has 2 rings (SSSR count). The van der Waals surface area contributed by atoms with Crippen LogP contribution < -0.4 is 0 Å². The molecular formula is C10H11N3O. The van der Waals surface area contributed by atoms with Gasteiger partial charge < -0.3 is 0 Å². The average Bonchev–Trinajstić information content (AvgIpc) is 2.47. The Hall–Kier alpha value is -1.71. The van der Waals surface area contributed by atoms with Crippen molar-refractivity contribution in [1.29, 1.82) is 0 Å². The molecule has 0 saturated heterocycles. The van der Waals surface area contributed by atoms with Gasteiger partial charge in [-0.3, -0.25) is 9.20 Å². The first-order valence-electron chi connectivity index (χ1n) is 4.42. The van der Waals surface area contributed by atoms with Crippen LogP contribution in [0.3, 0.4) is 0 Å². The third-order valence-corrected chi connectivity index (χ3v) is 2.15. The largest absolute Gasteiger partial charge is 0.293 e. The van der Waals surface area contributed by atoms with E-state index in [-0.39, 0.29) is 5.78 Å². The molecule has 0 aromatic carbocycles. The van der Waals surface area contributed by atoms with Crippen LogP contribution >= 0.6 is 0 Å². The van der Waals surface area contributed by atoms with Crippen LogP contribution in [0.5, 0.6) is 0 Å². The number of hydrogen-bond donors (Lipinski definition) is 0. The van der Waals surface area contributed by atoms with Crippen LogP contribution in [-0.2, 0) is 0 Å². The van der Waals surface area contributed by atoms with E-state index in [1.807, 2.05) is 19.9 Å². The van der Waals surface area contributed by atoms with Crippen LogP contribution in [0.1, 0.15) is 28.8 Å². The average molecular weight is 189 g/mol. The number of aryl methyl sites for hydroxylation is 2. The Kier molecular flexibility index (Phi) is 1.84. The van der Waals surface area contributed by atoms with Gasteiger partial charge in [-0.25, -0.2) is 9.97 Å². The summed E-state index contributed by atoms with van der Waals surface area (Å²) in [5, 5.41) is 0. The molecule has 14 heavy (non-hydrogen) atoms. The van der Waals surface area contributed by atoms with Gasteiger partial charge in [0.15, 0.2) is 5.78 Å². The lowest BCUT2D eigenvalue weighted by molar-refractivity contribution is 0.101. The minimum atomic E-state index is 0.00579. The summed E-state index contributed by atoms with van der Waals surface area (Å²) in [5.41, 5.74) is 2.48. The highest BCUT2D eigenvalue weighted by Gasteiger charge is 2.10. The minimum Gasteiger partial charge on any atom is -0.293 e. The fourth-order valence-corrected chi connectivity index (χ4v) is 1.57. The predicted molar refractivity (Wildman–Crippen MR) is 52.5 cm³/mol. The second kappa shape index (κ2) is 2.90. The Bertz CT molecular complexity index is 513. The second-order valence-electron chi connectivity index (χ2n) is 3.37. The Morgan fingerprint density at radius 3 is 2.79 bits per heavy atom. The highest BCUT2D eigenvalue weighted by Crippen LogP contribution is 2.10. The van der Waals surface area contributed by atoms with Gasteiger partial charge in [0.05, 0.1) is 6.20 Å². The fourth-order valence-electron chi connectivity index (χ4n) is 1.57. The van der Waals surface area contributed by atoms with Gasteiger partial charge in [-0.2, -0.15) is 0 Å². The normalized spacial score (nSPS) is 10.8. The number of rotatable bonds is 1. The summed E-state index contributed by atoms with van der Waals surface area (Å²) in [7, 11) is 0. The lowest BCUT2D eigenvalue weighted by Crippen LogP contribution is -2.03. The molecule has 2 aromatic heterocycles. The van der Waals surface area contributed by atoms with Crippen molar-refractivity contribution < 1.29 is 4.79 Å². The van der Waals surface area contributed by atoms with Crippen molar-refractivity contribution in [3.63, 3.8) is 0 Å². The highest BCUT2D eigenvalue weighted by molar-refractivity contribution is 5.93. The van der Waals surface area contributed by atoms with Gasteiger partial charge in [-0.1, -0.05) is 0 Å². The maximum absolute atomic E-state index is 11.3. The van der Waals surface area contributed by atoms with Crippen LogP contribution in [-0.4, -0.2) is 20.2 Å². The first-order chi connectivity index (χ1) is 6.59. The number of ketones is 1. The Morgan fingerprint density at radius 1 is 1.43 bits per heavy atom. The summed E-state index contributed by atoms with van der Waals surface area (Å²) >= 11 is 0. The molecule has 0 bridgehead atoms. The summed E-state index contributed by atoms with van der Waals surface area (Å²) in [6, 6.07) is 1.93. The number of hydrogen-bond acceptors (Lipinski definition) is 3. The van der Waals surface area contributed by atoms with Crippen molar-refractivity contribution in [3.8, 4) is 0 Å². The maximum atomic E-state index is 11.3. The zero-order valence-electron chi connectivity index (χ0n) is 8.40. The first-order valence-corrected chi connectivity index (χ1v) is 4.42. The molecule has 2 aromatic rings. The Morgan fingerprint density at radius 2 is 2.14 bits per heavy atom. The van der Waals surface area contributed by atoms with E-state index in [0.717, 1.165) is 11.4 Å². The Labute approximate surface area is 81.6 Å². The molecule has 4 nitrogen and oxygen atoms in total. The van der Waals surface area contributed by atoms with Gasteiger partial charge in [-0.15, -0.1) is 0 Å². The van der Waals surface area contributed by atoms with E-state index < -0.39 is 0 Å². The quantitative estimate of drug-likeness (QED) is 0.639. The molecule has 0 aliphatic rings. The van der Waals surface area contributed by atoms with Crippen LogP contribution in [0, 0.1) is 13.8 Å². The minimum absolute atomic E-state index is 0.00579. The van der Waals surface area contributed by atoms with Crippen molar-refractivity contribution in [1.82, 2.24) is 14.4 Å². The number of imidazole rings is 1. The summed E-state index contributed by atoms with van der Waals surface area (Å²) in [5.74, 6) is 0.596. The number of carbonyl (C=O) groups is 1. The first kappa shape index (κ1) is 8.87. The molecule has 0 spiro atoms. The number of Topliss-reactive ketones (excluding diaryl/α,β-unsaturated/α-hetero) is 1. The molecule has 0 aliphatic carbocycles. The summed E-state index contributed by atoms with van der Waals surface area (Å²) < 4.78 is 1.77.